The summed E-state index contributed by atoms with van der Waals surface area (Å²) in [6.07, 6.45) is 0. The first kappa shape index (κ1) is 10.8. The van der Waals surface area contributed by atoms with Crippen LogP contribution in [0.3, 0.4) is 0 Å². The highest BCUT2D eigenvalue weighted by atomic mass is 32.1. The average molecular weight is 233 g/mol. The van der Waals surface area contributed by atoms with Crippen LogP contribution in [0.1, 0.15) is 4.88 Å². The molecule has 0 aliphatic heterocycles. The lowest BCUT2D eigenvalue weighted by Gasteiger charge is -2.19. The lowest BCUT2D eigenvalue weighted by atomic mass is 10.2. The van der Waals surface area contributed by atoms with Crippen molar-refractivity contribution in [3.63, 3.8) is 0 Å². The third-order valence-corrected chi connectivity index (χ3v) is 3.35. The second-order valence-electron chi connectivity index (χ2n) is 3.75. The Bertz CT molecular complexity index is 465. The largest absolute Gasteiger partial charge is 0.397 e. The first-order valence-corrected chi connectivity index (χ1v) is 5.93. The van der Waals surface area contributed by atoms with Gasteiger partial charge in [0.15, 0.2) is 0 Å². The summed E-state index contributed by atoms with van der Waals surface area (Å²) in [6.45, 7) is 0.890. The van der Waals surface area contributed by atoms with Gasteiger partial charge in [0.25, 0.3) is 0 Å². The molecule has 0 aliphatic carbocycles. The lowest BCUT2D eigenvalue weighted by molar-refractivity contribution is 0.941. The molecule has 4 heteroatoms. The quantitative estimate of drug-likeness (QED) is 0.801. The van der Waals surface area contributed by atoms with Gasteiger partial charge in [0.05, 0.1) is 17.9 Å². The molecule has 4 N–H and O–H groups in total. The van der Waals surface area contributed by atoms with Gasteiger partial charge in [-0.25, -0.2) is 0 Å². The van der Waals surface area contributed by atoms with E-state index in [0.29, 0.717) is 11.4 Å². The van der Waals surface area contributed by atoms with Crippen molar-refractivity contribution in [1.29, 1.82) is 0 Å². The number of nitrogens with zero attached hydrogens (tertiary/aromatic N) is 1. The molecule has 0 saturated heterocycles. The zero-order chi connectivity index (χ0) is 11.5. The minimum Gasteiger partial charge on any atom is -0.397 e. The van der Waals surface area contributed by atoms with Gasteiger partial charge in [-0.15, -0.1) is 11.3 Å². The topological polar surface area (TPSA) is 55.3 Å². The SMILES string of the molecule is CN(Cc1cccs1)c1ccc(N)c(N)c1. The second kappa shape index (κ2) is 4.45. The molecule has 1 aromatic carbocycles. The van der Waals surface area contributed by atoms with Crippen LogP contribution in [-0.4, -0.2) is 7.05 Å². The third-order valence-electron chi connectivity index (χ3n) is 2.48. The van der Waals surface area contributed by atoms with E-state index in [1.807, 2.05) is 25.2 Å². The van der Waals surface area contributed by atoms with Crippen molar-refractivity contribution in [2.75, 3.05) is 23.4 Å². The Morgan fingerprint density at radius 2 is 2.00 bits per heavy atom. The Hall–Kier alpha value is -1.68. The van der Waals surface area contributed by atoms with Crippen molar-refractivity contribution >= 4 is 28.4 Å². The Labute approximate surface area is 99.3 Å². The number of nitrogens with two attached hydrogens (primary N) is 2. The van der Waals surface area contributed by atoms with E-state index in [4.69, 9.17) is 11.5 Å². The molecule has 3 nitrogen and oxygen atoms in total. The fourth-order valence-corrected chi connectivity index (χ4v) is 2.28. The van der Waals surface area contributed by atoms with Crippen LogP contribution in [-0.2, 0) is 6.54 Å². The van der Waals surface area contributed by atoms with Gasteiger partial charge in [-0.1, -0.05) is 6.07 Å². The molecule has 0 fully saturated rings. The van der Waals surface area contributed by atoms with Crippen molar-refractivity contribution < 1.29 is 0 Å². The van der Waals surface area contributed by atoms with E-state index in [-0.39, 0.29) is 0 Å². The van der Waals surface area contributed by atoms with Crippen LogP contribution in [0.15, 0.2) is 35.7 Å². The fourth-order valence-electron chi connectivity index (χ4n) is 1.53. The predicted octanol–water partition coefficient (Wildman–Crippen LogP) is 2.55. The van der Waals surface area contributed by atoms with Crippen LogP contribution in [0.5, 0.6) is 0 Å². The summed E-state index contributed by atoms with van der Waals surface area (Å²) in [5.41, 5.74) is 13.8. The van der Waals surface area contributed by atoms with Crippen LogP contribution in [0.25, 0.3) is 0 Å². The zero-order valence-corrected chi connectivity index (χ0v) is 10.00. The Balaban J connectivity index is 2.14. The van der Waals surface area contributed by atoms with Crippen molar-refractivity contribution in [1.82, 2.24) is 0 Å². The molecule has 16 heavy (non-hydrogen) atoms. The fraction of sp³-hybridized carbons (Fsp3) is 0.167. The maximum absolute atomic E-state index is 5.78. The second-order valence-corrected chi connectivity index (χ2v) is 4.78. The lowest BCUT2D eigenvalue weighted by Crippen LogP contribution is -2.15. The Morgan fingerprint density at radius 3 is 2.62 bits per heavy atom. The monoisotopic (exact) mass is 233 g/mol. The molecule has 0 atom stereocenters. The van der Waals surface area contributed by atoms with E-state index in [0.717, 1.165) is 12.2 Å². The highest BCUT2D eigenvalue weighted by molar-refractivity contribution is 7.09. The predicted molar refractivity (Wildman–Crippen MR) is 71.7 cm³/mol. The summed E-state index contributed by atoms with van der Waals surface area (Å²) in [6, 6.07) is 9.92. The third kappa shape index (κ3) is 2.28. The number of nitrogen functional groups attached to an aromatic ring is 2. The standard InChI is InChI=1S/C12H15N3S/c1-15(8-10-3-2-6-16-10)9-4-5-11(13)12(14)7-9/h2-7H,8,13-14H2,1H3. The maximum Gasteiger partial charge on any atom is 0.0568 e. The first-order valence-electron chi connectivity index (χ1n) is 5.05. The van der Waals surface area contributed by atoms with Gasteiger partial charge in [0.1, 0.15) is 0 Å². The van der Waals surface area contributed by atoms with Crippen molar-refractivity contribution in [2.45, 2.75) is 6.54 Å². The molecule has 0 aliphatic rings. The average Bonchev–Trinajstić information content (AvgIpc) is 2.74. The van der Waals surface area contributed by atoms with E-state index in [9.17, 15) is 0 Å². The Morgan fingerprint density at radius 1 is 1.19 bits per heavy atom. The van der Waals surface area contributed by atoms with Gasteiger partial charge in [-0.2, -0.15) is 0 Å². The summed E-state index contributed by atoms with van der Waals surface area (Å²) >= 11 is 1.76. The number of hydrogen-bond donors (Lipinski definition) is 2. The molecule has 0 bridgehead atoms. The van der Waals surface area contributed by atoms with E-state index >= 15 is 0 Å². The van der Waals surface area contributed by atoms with Crippen LogP contribution >= 0.6 is 11.3 Å². The number of hydrogen-bond acceptors (Lipinski definition) is 4. The number of rotatable bonds is 3. The van der Waals surface area contributed by atoms with Crippen LogP contribution < -0.4 is 16.4 Å². The maximum atomic E-state index is 5.78. The van der Waals surface area contributed by atoms with Gasteiger partial charge in [-0.3, -0.25) is 0 Å². The number of anilines is 3. The molecule has 0 unspecified atom stereocenters. The molecule has 2 aromatic rings. The first-order chi connectivity index (χ1) is 7.66. The van der Waals surface area contributed by atoms with Crippen molar-refractivity contribution in [3.05, 3.63) is 40.6 Å². The van der Waals surface area contributed by atoms with E-state index < -0.39 is 0 Å². The molecule has 0 radical (unpaired) electrons. The van der Waals surface area contributed by atoms with Crippen LogP contribution in [0, 0.1) is 0 Å². The van der Waals surface area contributed by atoms with Gasteiger partial charge in [0, 0.05) is 17.6 Å². The zero-order valence-electron chi connectivity index (χ0n) is 9.18. The molecule has 0 amide bonds. The van der Waals surface area contributed by atoms with E-state index in [1.165, 1.54) is 4.88 Å². The minimum atomic E-state index is 0.633. The molecule has 2 rings (SSSR count). The van der Waals surface area contributed by atoms with E-state index in [1.54, 1.807) is 11.3 Å². The molecule has 0 saturated carbocycles. The van der Waals surface area contributed by atoms with Crippen LogP contribution in [0.2, 0.25) is 0 Å². The molecule has 1 heterocycles. The summed E-state index contributed by atoms with van der Waals surface area (Å²) in [7, 11) is 2.05. The number of thiophene rings is 1. The Kier molecular flexibility index (Phi) is 3.01. The van der Waals surface area contributed by atoms with E-state index in [2.05, 4.69) is 22.4 Å². The smallest absolute Gasteiger partial charge is 0.0568 e. The molecule has 84 valence electrons. The minimum absolute atomic E-state index is 0.633. The summed E-state index contributed by atoms with van der Waals surface area (Å²) in [4.78, 5) is 3.49. The normalized spacial score (nSPS) is 10.3. The molecule has 0 spiro atoms. The van der Waals surface area contributed by atoms with Gasteiger partial charge < -0.3 is 16.4 Å². The summed E-state index contributed by atoms with van der Waals surface area (Å²) in [5.74, 6) is 0. The van der Waals surface area contributed by atoms with Gasteiger partial charge in [0.2, 0.25) is 0 Å². The highest BCUT2D eigenvalue weighted by Crippen LogP contribution is 2.24. The van der Waals surface area contributed by atoms with Crippen molar-refractivity contribution in [2.24, 2.45) is 0 Å². The van der Waals surface area contributed by atoms with Gasteiger partial charge >= 0.3 is 0 Å². The van der Waals surface area contributed by atoms with Crippen molar-refractivity contribution in [3.8, 4) is 0 Å². The highest BCUT2D eigenvalue weighted by Gasteiger charge is 2.04. The molecular formula is C12H15N3S. The summed E-state index contributed by atoms with van der Waals surface area (Å²) in [5, 5.41) is 2.08. The van der Waals surface area contributed by atoms with Gasteiger partial charge in [-0.05, 0) is 29.6 Å². The van der Waals surface area contributed by atoms with Crippen LogP contribution in [0.4, 0.5) is 17.1 Å². The molecular weight excluding hydrogens is 218 g/mol. The molecule has 1 aromatic heterocycles. The number of benzene rings is 1. The summed E-state index contributed by atoms with van der Waals surface area (Å²) < 4.78 is 0.